The quantitative estimate of drug-likeness (QED) is 0.850. The SMILES string of the molecule is CC1(C)CCC(NCCCS(C)(=O)=O)c2ccccc21. The van der Waals surface area contributed by atoms with Gasteiger partial charge in [-0.2, -0.15) is 0 Å². The lowest BCUT2D eigenvalue weighted by atomic mass is 9.71. The van der Waals surface area contributed by atoms with Crippen LogP contribution in [-0.2, 0) is 15.3 Å². The van der Waals surface area contributed by atoms with E-state index in [0.29, 0.717) is 12.5 Å². The van der Waals surface area contributed by atoms with Crippen molar-refractivity contribution in [2.24, 2.45) is 0 Å². The molecule has 3 nitrogen and oxygen atoms in total. The lowest BCUT2D eigenvalue weighted by Crippen LogP contribution is -2.33. The first-order valence-electron chi connectivity index (χ1n) is 7.30. The minimum Gasteiger partial charge on any atom is -0.310 e. The Hall–Kier alpha value is -0.870. The lowest BCUT2D eigenvalue weighted by Gasteiger charge is -2.37. The third-order valence-electron chi connectivity index (χ3n) is 4.21. The molecule has 1 N–H and O–H groups in total. The molecule has 0 spiro atoms. The van der Waals surface area contributed by atoms with Crippen molar-refractivity contribution in [2.45, 2.75) is 44.6 Å². The fraction of sp³-hybridized carbons (Fsp3) is 0.625. The predicted octanol–water partition coefficient (Wildman–Crippen LogP) is 2.82. The summed E-state index contributed by atoms with van der Waals surface area (Å²) in [5.74, 6) is 0.264. The van der Waals surface area contributed by atoms with Gasteiger partial charge in [-0.15, -0.1) is 0 Å². The summed E-state index contributed by atoms with van der Waals surface area (Å²) >= 11 is 0. The Kier molecular flexibility index (Phi) is 4.55. The average Bonchev–Trinajstić information content (AvgIpc) is 2.36. The first kappa shape index (κ1) is 15.5. The molecule has 0 heterocycles. The van der Waals surface area contributed by atoms with E-state index < -0.39 is 9.84 Å². The summed E-state index contributed by atoms with van der Waals surface area (Å²) in [7, 11) is -2.85. The first-order valence-corrected chi connectivity index (χ1v) is 9.36. The third kappa shape index (κ3) is 3.83. The van der Waals surface area contributed by atoms with Gasteiger partial charge in [0.15, 0.2) is 0 Å². The van der Waals surface area contributed by atoms with Crippen molar-refractivity contribution in [2.75, 3.05) is 18.6 Å². The van der Waals surface area contributed by atoms with Crippen molar-refractivity contribution in [1.82, 2.24) is 5.32 Å². The van der Waals surface area contributed by atoms with Crippen molar-refractivity contribution in [1.29, 1.82) is 0 Å². The van der Waals surface area contributed by atoms with Crippen LogP contribution in [0.1, 0.15) is 50.3 Å². The Morgan fingerprint density at radius 2 is 2.00 bits per heavy atom. The molecule has 0 amide bonds. The number of rotatable bonds is 5. The van der Waals surface area contributed by atoms with Crippen LogP contribution in [-0.4, -0.2) is 27.0 Å². The zero-order valence-electron chi connectivity index (χ0n) is 12.6. The molecule has 1 aromatic carbocycles. The zero-order chi connectivity index (χ0) is 14.8. The highest BCUT2D eigenvalue weighted by Gasteiger charge is 2.31. The molecular weight excluding hydrogens is 270 g/mol. The molecule has 0 saturated heterocycles. The van der Waals surface area contributed by atoms with Gasteiger partial charge in [0, 0.05) is 12.3 Å². The highest BCUT2D eigenvalue weighted by Crippen LogP contribution is 2.41. The minimum absolute atomic E-state index is 0.238. The number of sulfone groups is 1. The molecular formula is C16H25NO2S. The summed E-state index contributed by atoms with van der Waals surface area (Å²) in [5, 5.41) is 3.52. The van der Waals surface area contributed by atoms with Crippen LogP contribution in [0.15, 0.2) is 24.3 Å². The molecule has 2 rings (SSSR count). The normalized spacial score (nSPS) is 21.4. The van der Waals surface area contributed by atoms with Crippen LogP contribution in [0.25, 0.3) is 0 Å². The summed E-state index contributed by atoms with van der Waals surface area (Å²) in [6.45, 7) is 5.35. The Labute approximate surface area is 122 Å². The van der Waals surface area contributed by atoms with Gasteiger partial charge >= 0.3 is 0 Å². The Morgan fingerprint density at radius 3 is 2.70 bits per heavy atom. The van der Waals surface area contributed by atoms with E-state index in [4.69, 9.17) is 0 Å². The summed E-state index contributed by atoms with van der Waals surface area (Å²) in [5.41, 5.74) is 3.04. The van der Waals surface area contributed by atoms with E-state index in [1.165, 1.54) is 17.4 Å². The maximum Gasteiger partial charge on any atom is 0.147 e. The summed E-state index contributed by atoms with van der Waals surface area (Å²) in [4.78, 5) is 0. The second kappa shape index (κ2) is 5.86. The number of hydrogen-bond acceptors (Lipinski definition) is 3. The molecule has 1 atom stereocenters. The highest BCUT2D eigenvalue weighted by molar-refractivity contribution is 7.90. The topological polar surface area (TPSA) is 46.2 Å². The maximum absolute atomic E-state index is 11.1. The fourth-order valence-electron chi connectivity index (χ4n) is 3.04. The standard InChI is InChI=1S/C16H25NO2S/c1-16(2)10-9-15(13-7-4-5-8-14(13)16)17-11-6-12-20(3,18)19/h4-5,7-8,15,17H,6,9-12H2,1-3H3. The van der Waals surface area contributed by atoms with Gasteiger partial charge in [-0.1, -0.05) is 38.1 Å². The van der Waals surface area contributed by atoms with E-state index in [0.717, 1.165) is 19.4 Å². The average molecular weight is 295 g/mol. The van der Waals surface area contributed by atoms with E-state index in [2.05, 4.69) is 43.4 Å². The van der Waals surface area contributed by atoms with Crippen molar-refractivity contribution < 1.29 is 8.42 Å². The summed E-state index contributed by atoms with van der Waals surface area (Å²) in [6, 6.07) is 8.97. The van der Waals surface area contributed by atoms with Crippen molar-refractivity contribution in [3.63, 3.8) is 0 Å². The van der Waals surface area contributed by atoms with Gasteiger partial charge in [0.1, 0.15) is 9.84 Å². The zero-order valence-corrected chi connectivity index (χ0v) is 13.5. The molecule has 1 unspecified atom stereocenters. The molecule has 0 bridgehead atoms. The smallest absolute Gasteiger partial charge is 0.147 e. The van der Waals surface area contributed by atoms with E-state index in [9.17, 15) is 8.42 Å². The number of nitrogens with one attached hydrogen (secondary N) is 1. The van der Waals surface area contributed by atoms with Crippen molar-refractivity contribution in [3.05, 3.63) is 35.4 Å². The van der Waals surface area contributed by atoms with Crippen LogP contribution in [0.5, 0.6) is 0 Å². The number of benzene rings is 1. The van der Waals surface area contributed by atoms with Crippen LogP contribution in [0, 0.1) is 0 Å². The molecule has 1 aromatic rings. The van der Waals surface area contributed by atoms with Crippen molar-refractivity contribution >= 4 is 9.84 Å². The summed E-state index contributed by atoms with van der Waals surface area (Å²) < 4.78 is 22.3. The van der Waals surface area contributed by atoms with Crippen LogP contribution in [0.2, 0.25) is 0 Å². The number of hydrogen-bond donors (Lipinski definition) is 1. The largest absolute Gasteiger partial charge is 0.310 e. The molecule has 112 valence electrons. The molecule has 20 heavy (non-hydrogen) atoms. The second-order valence-corrected chi connectivity index (χ2v) is 8.76. The van der Waals surface area contributed by atoms with Gasteiger partial charge in [0.25, 0.3) is 0 Å². The van der Waals surface area contributed by atoms with E-state index in [-0.39, 0.29) is 11.2 Å². The first-order chi connectivity index (χ1) is 9.30. The maximum atomic E-state index is 11.1. The highest BCUT2D eigenvalue weighted by atomic mass is 32.2. The Morgan fingerprint density at radius 1 is 1.30 bits per heavy atom. The van der Waals surface area contributed by atoms with E-state index >= 15 is 0 Å². The molecule has 0 radical (unpaired) electrons. The molecule has 0 aromatic heterocycles. The van der Waals surface area contributed by atoms with Crippen molar-refractivity contribution in [3.8, 4) is 0 Å². The Bertz CT molecular complexity index is 564. The fourth-order valence-corrected chi connectivity index (χ4v) is 3.70. The van der Waals surface area contributed by atoms with Crippen LogP contribution >= 0.6 is 0 Å². The van der Waals surface area contributed by atoms with Gasteiger partial charge in [-0.05, 0) is 42.3 Å². The molecule has 0 saturated carbocycles. The molecule has 0 fully saturated rings. The second-order valence-electron chi connectivity index (χ2n) is 6.50. The predicted molar refractivity (Wildman–Crippen MR) is 83.8 cm³/mol. The van der Waals surface area contributed by atoms with E-state index in [1.54, 1.807) is 0 Å². The van der Waals surface area contributed by atoms with Crippen LogP contribution in [0.4, 0.5) is 0 Å². The molecule has 1 aliphatic carbocycles. The van der Waals surface area contributed by atoms with Crippen LogP contribution < -0.4 is 5.32 Å². The number of fused-ring (bicyclic) bond motifs is 1. The monoisotopic (exact) mass is 295 g/mol. The van der Waals surface area contributed by atoms with Crippen LogP contribution in [0.3, 0.4) is 0 Å². The van der Waals surface area contributed by atoms with E-state index in [1.807, 2.05) is 0 Å². The summed E-state index contributed by atoms with van der Waals surface area (Å²) in [6.07, 6.45) is 4.25. The van der Waals surface area contributed by atoms with Gasteiger partial charge < -0.3 is 5.32 Å². The molecule has 4 heteroatoms. The van der Waals surface area contributed by atoms with Gasteiger partial charge in [0.2, 0.25) is 0 Å². The molecule has 1 aliphatic rings. The van der Waals surface area contributed by atoms with Gasteiger partial charge in [0.05, 0.1) is 5.75 Å². The Balaban J connectivity index is 2.01. The minimum atomic E-state index is -2.85. The van der Waals surface area contributed by atoms with Gasteiger partial charge in [-0.25, -0.2) is 8.42 Å². The lowest BCUT2D eigenvalue weighted by molar-refractivity contribution is 0.359. The van der Waals surface area contributed by atoms with Gasteiger partial charge in [-0.3, -0.25) is 0 Å². The third-order valence-corrected chi connectivity index (χ3v) is 5.24. The molecule has 0 aliphatic heterocycles.